The molecular weight excluding hydrogens is 908 g/mol. The standard InChI is InChI=1S/C26H37N3O7S.C21H26FN3O4S/c1-26(2,3)21-5-11-25(12-6-21)37(32,33)28-14-13-27(22-7-9-23(10-8-22)29(30)31)19-24(28)20-36-18-17-35-16-15-34-4;1-21(2,3)16-4-10-20(11-5-16)30(28,29)24-13-12-23(15-19(24)14-22)17-6-8-18(9-7-17)25(26)27/h5-12,24H,13-20H2,1-4H3;4-11,19H,12-15H2,1-3H3. The van der Waals surface area contributed by atoms with Crippen molar-refractivity contribution in [3.63, 3.8) is 0 Å². The number of benzene rings is 4. The van der Waals surface area contributed by atoms with Crippen LogP contribution in [-0.2, 0) is 45.1 Å². The largest absolute Gasteiger partial charge is 0.382 e. The number of methoxy groups -OCH3 is 1. The van der Waals surface area contributed by atoms with E-state index in [0.29, 0.717) is 51.7 Å². The Hall–Kier alpha value is -5.09. The van der Waals surface area contributed by atoms with E-state index in [9.17, 15) is 41.5 Å². The number of alkyl halides is 1. The first-order valence-corrected chi connectivity index (χ1v) is 24.9. The molecule has 0 N–H and O–H groups in total. The summed E-state index contributed by atoms with van der Waals surface area (Å²) < 4.78 is 86.4. The lowest BCUT2D eigenvalue weighted by Crippen LogP contribution is -2.57. The van der Waals surface area contributed by atoms with Crippen molar-refractivity contribution >= 4 is 42.8 Å². The Balaban J connectivity index is 0.000000256. The van der Waals surface area contributed by atoms with Crippen LogP contribution >= 0.6 is 0 Å². The lowest BCUT2D eigenvalue weighted by molar-refractivity contribution is -0.385. The summed E-state index contributed by atoms with van der Waals surface area (Å²) in [5.41, 5.74) is 3.38. The molecule has 17 nitrogen and oxygen atoms in total. The minimum absolute atomic E-state index is 0.0111. The molecule has 4 aromatic rings. The number of piperazine rings is 2. The van der Waals surface area contributed by atoms with Crippen molar-refractivity contribution in [3.8, 4) is 0 Å². The average molecular weight is 971 g/mol. The van der Waals surface area contributed by atoms with Gasteiger partial charge in [0.1, 0.15) is 6.67 Å². The minimum Gasteiger partial charge on any atom is -0.382 e. The summed E-state index contributed by atoms with van der Waals surface area (Å²) in [7, 11) is -5.99. The van der Waals surface area contributed by atoms with Gasteiger partial charge < -0.3 is 24.0 Å². The zero-order valence-electron chi connectivity index (χ0n) is 39.2. The summed E-state index contributed by atoms with van der Waals surface area (Å²) >= 11 is 0. The highest BCUT2D eigenvalue weighted by Crippen LogP contribution is 2.31. The van der Waals surface area contributed by atoms with Gasteiger partial charge in [-0.3, -0.25) is 20.2 Å². The molecule has 2 aliphatic rings. The number of halogens is 1. The number of nitrogens with zero attached hydrogens (tertiary/aromatic N) is 6. The van der Waals surface area contributed by atoms with Crippen molar-refractivity contribution in [3.05, 3.63) is 128 Å². The highest BCUT2D eigenvalue weighted by Gasteiger charge is 2.38. The van der Waals surface area contributed by atoms with Crippen LogP contribution in [-0.4, -0.2) is 133 Å². The molecule has 4 aromatic carbocycles. The molecule has 0 aliphatic carbocycles. The third kappa shape index (κ3) is 13.8. The second-order valence-corrected chi connectivity index (χ2v) is 22.1. The predicted octanol–water partition coefficient (Wildman–Crippen LogP) is 7.19. The van der Waals surface area contributed by atoms with Gasteiger partial charge in [-0.2, -0.15) is 8.61 Å². The van der Waals surface area contributed by atoms with E-state index in [1.165, 1.54) is 32.9 Å². The van der Waals surface area contributed by atoms with E-state index in [-0.39, 0.29) is 58.2 Å². The Morgan fingerprint density at radius 1 is 0.567 bits per heavy atom. The molecule has 366 valence electrons. The van der Waals surface area contributed by atoms with Gasteiger partial charge in [-0.1, -0.05) is 65.8 Å². The molecule has 0 bridgehead atoms. The highest BCUT2D eigenvalue weighted by atomic mass is 32.2. The zero-order valence-corrected chi connectivity index (χ0v) is 40.9. The molecule has 0 radical (unpaired) electrons. The molecule has 2 unspecified atom stereocenters. The minimum atomic E-state index is -3.83. The van der Waals surface area contributed by atoms with E-state index in [1.54, 1.807) is 67.8 Å². The number of hydrogen-bond acceptors (Lipinski definition) is 13. The quantitative estimate of drug-likeness (QED) is 0.0587. The summed E-state index contributed by atoms with van der Waals surface area (Å²) in [6.07, 6.45) is 0. The molecule has 2 fully saturated rings. The molecule has 2 aliphatic heterocycles. The third-order valence-corrected chi connectivity index (χ3v) is 15.6. The van der Waals surface area contributed by atoms with Gasteiger partial charge in [-0.25, -0.2) is 21.2 Å². The number of anilines is 2. The fraction of sp³-hybridized carbons (Fsp3) is 0.489. The lowest BCUT2D eigenvalue weighted by atomic mass is 9.87. The Kier molecular flexibility index (Phi) is 18.0. The average Bonchev–Trinajstić information content (AvgIpc) is 3.30. The molecule has 2 atom stereocenters. The number of nitro groups is 2. The molecule has 6 rings (SSSR count). The molecule has 0 saturated carbocycles. The van der Waals surface area contributed by atoms with Crippen LogP contribution in [0.3, 0.4) is 0 Å². The van der Waals surface area contributed by atoms with Crippen molar-refractivity contribution in [2.24, 2.45) is 0 Å². The first-order valence-electron chi connectivity index (χ1n) is 22.0. The number of rotatable bonds is 17. The Labute approximate surface area is 393 Å². The molecule has 20 heteroatoms. The molecule has 67 heavy (non-hydrogen) atoms. The van der Waals surface area contributed by atoms with Gasteiger partial charge in [0.25, 0.3) is 11.4 Å². The normalized spacial score (nSPS) is 17.7. The fourth-order valence-electron chi connectivity index (χ4n) is 7.72. The van der Waals surface area contributed by atoms with Crippen molar-refractivity contribution in [1.29, 1.82) is 0 Å². The Morgan fingerprint density at radius 3 is 1.31 bits per heavy atom. The summed E-state index contributed by atoms with van der Waals surface area (Å²) in [6.45, 7) is 15.2. The van der Waals surface area contributed by atoms with Gasteiger partial charge in [0, 0.05) is 82.0 Å². The number of hydrogen-bond donors (Lipinski definition) is 0. The molecule has 2 saturated heterocycles. The van der Waals surface area contributed by atoms with Gasteiger partial charge in [0.2, 0.25) is 20.0 Å². The summed E-state index contributed by atoms with van der Waals surface area (Å²) in [4.78, 5) is 25.2. The van der Waals surface area contributed by atoms with Crippen LogP contribution < -0.4 is 9.80 Å². The van der Waals surface area contributed by atoms with Crippen LogP contribution in [0.25, 0.3) is 0 Å². The van der Waals surface area contributed by atoms with Crippen LogP contribution in [0, 0.1) is 20.2 Å². The topological polar surface area (TPSA) is 195 Å². The van der Waals surface area contributed by atoms with E-state index in [4.69, 9.17) is 14.2 Å². The van der Waals surface area contributed by atoms with Crippen LogP contribution in [0.5, 0.6) is 0 Å². The summed E-state index contributed by atoms with van der Waals surface area (Å²) in [5, 5.41) is 21.8. The smallest absolute Gasteiger partial charge is 0.269 e. The number of ether oxygens (including phenoxy) is 3. The van der Waals surface area contributed by atoms with Gasteiger partial charge in [0.05, 0.1) is 64.8 Å². The van der Waals surface area contributed by atoms with Gasteiger partial charge in [0.15, 0.2) is 0 Å². The van der Waals surface area contributed by atoms with Gasteiger partial charge in [-0.05, 0) is 70.5 Å². The van der Waals surface area contributed by atoms with Crippen LogP contribution in [0.15, 0.2) is 107 Å². The third-order valence-electron chi connectivity index (χ3n) is 11.7. The summed E-state index contributed by atoms with van der Waals surface area (Å²) in [6, 6.07) is 24.8. The van der Waals surface area contributed by atoms with Crippen molar-refractivity contribution in [1.82, 2.24) is 8.61 Å². The van der Waals surface area contributed by atoms with Gasteiger partial charge in [-0.15, -0.1) is 0 Å². The highest BCUT2D eigenvalue weighted by molar-refractivity contribution is 7.89. The Bertz CT molecular complexity index is 2470. The first kappa shape index (κ1) is 52.9. The molecule has 0 amide bonds. The lowest BCUT2D eigenvalue weighted by Gasteiger charge is -2.41. The number of non-ortho nitro benzene ring substituents is 2. The predicted molar refractivity (Wildman–Crippen MR) is 256 cm³/mol. The van der Waals surface area contributed by atoms with Crippen LogP contribution in [0.1, 0.15) is 52.7 Å². The SMILES string of the molecule is CC(C)(C)c1ccc(S(=O)(=O)N2CCN(c3ccc([N+](=O)[O-])cc3)CC2CF)cc1.COCCOCCOCC1CN(c2ccc([N+](=O)[O-])cc2)CCN1S(=O)(=O)c1ccc(C(C)(C)C)cc1. The van der Waals surface area contributed by atoms with Crippen molar-refractivity contribution in [2.45, 2.75) is 74.2 Å². The molecule has 0 spiro atoms. The molecule has 0 aromatic heterocycles. The van der Waals surface area contributed by atoms with Crippen molar-refractivity contribution in [2.75, 3.05) is 95.9 Å². The maximum Gasteiger partial charge on any atom is 0.269 e. The molecular formula is C47H63FN6O11S2. The Morgan fingerprint density at radius 2 is 0.940 bits per heavy atom. The second kappa shape index (κ2) is 22.8. The zero-order chi connectivity index (χ0) is 49.2. The number of sulfonamides is 2. The van der Waals surface area contributed by atoms with E-state index in [2.05, 4.69) is 20.8 Å². The van der Waals surface area contributed by atoms with E-state index in [1.807, 2.05) is 42.7 Å². The maximum absolute atomic E-state index is 13.8. The second-order valence-electron chi connectivity index (χ2n) is 18.4. The monoisotopic (exact) mass is 970 g/mol. The molecule has 2 heterocycles. The number of nitro benzene ring substituents is 2. The summed E-state index contributed by atoms with van der Waals surface area (Å²) in [5.74, 6) is 0. The van der Waals surface area contributed by atoms with Crippen molar-refractivity contribution < 1.29 is 45.3 Å². The van der Waals surface area contributed by atoms with E-state index in [0.717, 1.165) is 16.8 Å². The van der Waals surface area contributed by atoms with E-state index < -0.39 is 48.7 Å². The van der Waals surface area contributed by atoms with E-state index >= 15 is 0 Å². The first-order chi connectivity index (χ1) is 31.6. The van der Waals surface area contributed by atoms with Gasteiger partial charge >= 0.3 is 0 Å². The van der Waals surface area contributed by atoms with Crippen LogP contribution in [0.4, 0.5) is 27.1 Å². The van der Waals surface area contributed by atoms with Crippen LogP contribution in [0.2, 0.25) is 0 Å². The fourth-order valence-corrected chi connectivity index (χ4v) is 10.9. The maximum atomic E-state index is 13.8.